The van der Waals surface area contributed by atoms with Crippen LogP contribution in [0.15, 0.2) is 24.4 Å². The first kappa shape index (κ1) is 15.8. The largest absolute Gasteiger partial charge is 0.308 e. The van der Waals surface area contributed by atoms with E-state index in [9.17, 15) is 0 Å². The van der Waals surface area contributed by atoms with Crippen molar-refractivity contribution in [3.63, 3.8) is 0 Å². The fourth-order valence-electron chi connectivity index (χ4n) is 2.25. The van der Waals surface area contributed by atoms with Crippen LogP contribution in [0.4, 0.5) is 0 Å². The van der Waals surface area contributed by atoms with Crippen molar-refractivity contribution in [2.24, 2.45) is 0 Å². The van der Waals surface area contributed by atoms with E-state index in [4.69, 9.17) is 0 Å². The maximum Gasteiger partial charge on any atom is 0.0662 e. The van der Waals surface area contributed by atoms with Crippen LogP contribution in [0.3, 0.4) is 0 Å². The van der Waals surface area contributed by atoms with Crippen molar-refractivity contribution in [3.8, 4) is 0 Å². The molecule has 114 valence electrons. The number of benzene rings is 1. The van der Waals surface area contributed by atoms with Crippen molar-refractivity contribution in [1.29, 1.82) is 0 Å². The van der Waals surface area contributed by atoms with Crippen LogP contribution in [0.5, 0.6) is 0 Å². The van der Waals surface area contributed by atoms with Gasteiger partial charge >= 0.3 is 0 Å². The maximum absolute atomic E-state index is 4.54. The Morgan fingerprint density at radius 3 is 2.43 bits per heavy atom. The van der Waals surface area contributed by atoms with Crippen molar-refractivity contribution in [2.75, 3.05) is 0 Å². The normalized spacial score (nSPS) is 11.9. The van der Waals surface area contributed by atoms with Crippen molar-refractivity contribution in [1.82, 2.24) is 15.1 Å². The number of hydrogen-bond acceptors (Lipinski definition) is 2. The number of aromatic nitrogens is 2. The molecule has 2 rings (SSSR count). The lowest BCUT2D eigenvalue weighted by molar-refractivity contribution is 0.423. The van der Waals surface area contributed by atoms with Crippen molar-refractivity contribution < 1.29 is 0 Å². The Morgan fingerprint density at radius 1 is 1.10 bits per heavy atom. The molecule has 0 bridgehead atoms. The minimum absolute atomic E-state index is 0.128. The summed E-state index contributed by atoms with van der Waals surface area (Å²) in [6.45, 7) is 14.7. The molecule has 0 aliphatic carbocycles. The number of rotatable bonds is 4. The second-order valence-corrected chi connectivity index (χ2v) is 6.94. The Balaban J connectivity index is 2.11. The summed E-state index contributed by atoms with van der Waals surface area (Å²) in [6, 6.07) is 6.63. The highest BCUT2D eigenvalue weighted by Crippen LogP contribution is 2.14. The highest BCUT2D eigenvalue weighted by atomic mass is 15.3. The fraction of sp³-hybridized carbons (Fsp3) is 0.500. The second kappa shape index (κ2) is 6.02. The van der Waals surface area contributed by atoms with Crippen LogP contribution in [-0.2, 0) is 13.1 Å². The molecule has 0 aliphatic heterocycles. The molecular formula is C18H27N3. The molecule has 1 heterocycles. The first-order valence-corrected chi connectivity index (χ1v) is 7.59. The van der Waals surface area contributed by atoms with Gasteiger partial charge in [0.1, 0.15) is 0 Å². The van der Waals surface area contributed by atoms with Gasteiger partial charge in [0.2, 0.25) is 0 Å². The Hall–Kier alpha value is -1.61. The van der Waals surface area contributed by atoms with Crippen LogP contribution >= 0.6 is 0 Å². The summed E-state index contributed by atoms with van der Waals surface area (Å²) in [4.78, 5) is 0. The lowest BCUT2D eigenvalue weighted by Crippen LogP contribution is -2.35. The summed E-state index contributed by atoms with van der Waals surface area (Å²) in [6.07, 6.45) is 1.98. The van der Waals surface area contributed by atoms with Gasteiger partial charge in [-0.3, -0.25) is 4.68 Å². The lowest BCUT2D eigenvalue weighted by atomic mass is 10.1. The van der Waals surface area contributed by atoms with Crippen LogP contribution in [0.2, 0.25) is 0 Å². The Morgan fingerprint density at radius 2 is 1.81 bits per heavy atom. The average molecular weight is 285 g/mol. The van der Waals surface area contributed by atoms with Gasteiger partial charge in [0.15, 0.2) is 0 Å². The lowest BCUT2D eigenvalue weighted by Gasteiger charge is -2.20. The Kier molecular flexibility index (Phi) is 4.52. The Labute approximate surface area is 128 Å². The minimum atomic E-state index is 0.128. The van der Waals surface area contributed by atoms with Crippen LogP contribution < -0.4 is 5.32 Å². The standard InChI is InChI=1S/C18H27N3/c1-13-7-8-16(9-14(13)2)12-21-15(3)17(11-20-21)10-19-18(4,5)6/h7-9,11,19H,10,12H2,1-6H3. The van der Waals surface area contributed by atoms with Crippen molar-refractivity contribution in [2.45, 2.75) is 60.2 Å². The molecule has 21 heavy (non-hydrogen) atoms. The quantitative estimate of drug-likeness (QED) is 0.927. The third-order valence-electron chi connectivity index (χ3n) is 3.92. The van der Waals surface area contributed by atoms with Gasteiger partial charge in [-0.15, -0.1) is 0 Å². The van der Waals surface area contributed by atoms with Gasteiger partial charge in [-0.25, -0.2) is 0 Å². The zero-order valence-electron chi connectivity index (χ0n) is 14.1. The number of nitrogens with zero attached hydrogens (tertiary/aromatic N) is 2. The van der Waals surface area contributed by atoms with Gasteiger partial charge in [-0.1, -0.05) is 18.2 Å². The maximum atomic E-state index is 4.54. The van der Waals surface area contributed by atoms with E-state index in [1.165, 1.54) is 27.9 Å². The predicted molar refractivity (Wildman–Crippen MR) is 88.6 cm³/mol. The first-order chi connectivity index (χ1) is 9.76. The molecule has 0 aliphatic rings. The van der Waals surface area contributed by atoms with E-state index in [0.717, 1.165) is 13.1 Å². The molecule has 0 unspecified atom stereocenters. The minimum Gasteiger partial charge on any atom is -0.308 e. The fourth-order valence-corrected chi connectivity index (χ4v) is 2.25. The molecule has 3 nitrogen and oxygen atoms in total. The van der Waals surface area contributed by atoms with Gasteiger partial charge in [-0.2, -0.15) is 5.10 Å². The summed E-state index contributed by atoms with van der Waals surface area (Å²) in [5.41, 5.74) is 6.62. The molecule has 0 saturated heterocycles. The van der Waals surface area contributed by atoms with E-state index in [1.807, 2.05) is 6.20 Å². The van der Waals surface area contributed by atoms with Crippen LogP contribution in [0, 0.1) is 20.8 Å². The van der Waals surface area contributed by atoms with E-state index < -0.39 is 0 Å². The number of hydrogen-bond donors (Lipinski definition) is 1. The SMILES string of the molecule is Cc1ccc(Cn2ncc(CNC(C)(C)C)c2C)cc1C. The van der Waals surface area contributed by atoms with Gasteiger partial charge in [-0.05, 0) is 58.2 Å². The number of aryl methyl sites for hydroxylation is 2. The third-order valence-corrected chi connectivity index (χ3v) is 3.92. The topological polar surface area (TPSA) is 29.9 Å². The van der Waals surface area contributed by atoms with Crippen LogP contribution in [0.1, 0.15) is 48.7 Å². The summed E-state index contributed by atoms with van der Waals surface area (Å²) < 4.78 is 2.09. The summed E-state index contributed by atoms with van der Waals surface area (Å²) in [5, 5.41) is 8.06. The molecule has 2 aromatic rings. The van der Waals surface area contributed by atoms with E-state index in [2.05, 4.69) is 74.8 Å². The molecule has 0 saturated carbocycles. The molecule has 0 radical (unpaired) electrons. The third kappa shape index (κ3) is 4.18. The predicted octanol–water partition coefficient (Wildman–Crippen LogP) is 3.74. The monoisotopic (exact) mass is 285 g/mol. The molecule has 1 aromatic carbocycles. The summed E-state index contributed by atoms with van der Waals surface area (Å²) in [7, 11) is 0. The highest BCUT2D eigenvalue weighted by Gasteiger charge is 2.12. The molecular weight excluding hydrogens is 258 g/mol. The summed E-state index contributed by atoms with van der Waals surface area (Å²) in [5.74, 6) is 0. The van der Waals surface area contributed by atoms with E-state index in [0.29, 0.717) is 0 Å². The second-order valence-electron chi connectivity index (χ2n) is 6.94. The van der Waals surface area contributed by atoms with E-state index >= 15 is 0 Å². The molecule has 0 amide bonds. The molecule has 0 atom stereocenters. The van der Waals surface area contributed by atoms with Gasteiger partial charge in [0.25, 0.3) is 0 Å². The van der Waals surface area contributed by atoms with E-state index in [-0.39, 0.29) is 5.54 Å². The Bertz CT molecular complexity index is 618. The molecule has 0 spiro atoms. The molecule has 1 aromatic heterocycles. The van der Waals surface area contributed by atoms with Gasteiger partial charge < -0.3 is 5.32 Å². The molecule has 3 heteroatoms. The molecule has 0 fully saturated rings. The summed E-state index contributed by atoms with van der Waals surface area (Å²) >= 11 is 0. The van der Waals surface area contributed by atoms with E-state index in [1.54, 1.807) is 0 Å². The zero-order chi connectivity index (χ0) is 15.6. The average Bonchev–Trinajstić information content (AvgIpc) is 2.72. The van der Waals surface area contributed by atoms with Gasteiger partial charge in [0, 0.05) is 23.3 Å². The first-order valence-electron chi connectivity index (χ1n) is 7.59. The highest BCUT2D eigenvalue weighted by molar-refractivity contribution is 5.30. The van der Waals surface area contributed by atoms with Crippen molar-refractivity contribution in [3.05, 3.63) is 52.3 Å². The van der Waals surface area contributed by atoms with Crippen LogP contribution in [-0.4, -0.2) is 15.3 Å². The van der Waals surface area contributed by atoms with Gasteiger partial charge in [0.05, 0.1) is 12.7 Å². The zero-order valence-corrected chi connectivity index (χ0v) is 14.1. The number of nitrogens with one attached hydrogen (secondary N) is 1. The van der Waals surface area contributed by atoms with Crippen molar-refractivity contribution >= 4 is 0 Å². The molecule has 1 N–H and O–H groups in total. The smallest absolute Gasteiger partial charge is 0.0662 e. The van der Waals surface area contributed by atoms with Crippen LogP contribution in [0.25, 0.3) is 0 Å².